The summed E-state index contributed by atoms with van der Waals surface area (Å²) in [5, 5.41) is 3.26. The molecule has 1 aromatic rings. The van der Waals surface area contributed by atoms with E-state index in [1.54, 1.807) is 0 Å². The van der Waals surface area contributed by atoms with E-state index in [0.717, 1.165) is 32.2 Å². The van der Waals surface area contributed by atoms with Crippen molar-refractivity contribution in [3.8, 4) is 0 Å². The SMILES string of the molecule is CNCc1cc(C)ccc1N(C)CC1CCOCC1. The molecule has 3 heteroatoms. The van der Waals surface area contributed by atoms with Crippen molar-refractivity contribution in [1.29, 1.82) is 0 Å². The van der Waals surface area contributed by atoms with Gasteiger partial charge in [0, 0.05) is 39.0 Å². The fraction of sp³-hybridized carbons (Fsp3) is 0.625. The van der Waals surface area contributed by atoms with Crippen LogP contribution in [0.4, 0.5) is 5.69 Å². The Morgan fingerprint density at radius 3 is 2.74 bits per heavy atom. The summed E-state index contributed by atoms with van der Waals surface area (Å²) < 4.78 is 5.44. The predicted octanol–water partition coefficient (Wildman–Crippen LogP) is 2.58. The molecule has 1 fully saturated rings. The summed E-state index contributed by atoms with van der Waals surface area (Å²) in [6, 6.07) is 6.74. The minimum atomic E-state index is 0.766. The van der Waals surface area contributed by atoms with E-state index < -0.39 is 0 Å². The third-order valence-electron chi connectivity index (χ3n) is 3.89. The molecule has 1 aliphatic heterocycles. The van der Waals surface area contributed by atoms with Crippen LogP contribution in [0, 0.1) is 12.8 Å². The molecule has 0 radical (unpaired) electrons. The van der Waals surface area contributed by atoms with E-state index in [4.69, 9.17) is 4.74 Å². The van der Waals surface area contributed by atoms with Crippen molar-refractivity contribution < 1.29 is 4.74 Å². The zero-order chi connectivity index (χ0) is 13.7. The van der Waals surface area contributed by atoms with Crippen LogP contribution in [0.3, 0.4) is 0 Å². The molecule has 19 heavy (non-hydrogen) atoms. The van der Waals surface area contributed by atoms with Crippen LogP contribution in [0.5, 0.6) is 0 Å². The number of hydrogen-bond acceptors (Lipinski definition) is 3. The number of aryl methyl sites for hydroxylation is 1. The number of nitrogens with zero attached hydrogens (tertiary/aromatic N) is 1. The number of ether oxygens (including phenoxy) is 1. The fourth-order valence-electron chi connectivity index (χ4n) is 2.83. The van der Waals surface area contributed by atoms with Gasteiger partial charge in [-0.15, -0.1) is 0 Å². The Kier molecular flexibility index (Phi) is 5.23. The first-order valence-electron chi connectivity index (χ1n) is 7.23. The average Bonchev–Trinajstić information content (AvgIpc) is 2.40. The first-order valence-corrected chi connectivity index (χ1v) is 7.23. The van der Waals surface area contributed by atoms with E-state index in [9.17, 15) is 0 Å². The van der Waals surface area contributed by atoms with Crippen molar-refractivity contribution in [1.82, 2.24) is 5.32 Å². The fourth-order valence-corrected chi connectivity index (χ4v) is 2.83. The lowest BCUT2D eigenvalue weighted by Gasteiger charge is -2.30. The maximum Gasteiger partial charge on any atom is 0.0469 e. The minimum Gasteiger partial charge on any atom is -0.381 e. The highest BCUT2D eigenvalue weighted by Gasteiger charge is 2.17. The smallest absolute Gasteiger partial charge is 0.0469 e. The molecule has 106 valence electrons. The van der Waals surface area contributed by atoms with Crippen molar-refractivity contribution in [2.75, 3.05) is 38.8 Å². The molecule has 0 aliphatic carbocycles. The first kappa shape index (κ1) is 14.4. The normalized spacial score (nSPS) is 16.6. The molecule has 0 aromatic heterocycles. The standard InChI is InChI=1S/C16H26N2O/c1-13-4-5-16(15(10-13)11-17-2)18(3)12-14-6-8-19-9-7-14/h4-5,10,14,17H,6-9,11-12H2,1-3H3. The second kappa shape index (κ2) is 6.92. The van der Waals surface area contributed by atoms with E-state index in [1.807, 2.05) is 7.05 Å². The molecule has 0 amide bonds. The molecule has 1 aromatic carbocycles. The molecule has 2 rings (SSSR count). The highest BCUT2D eigenvalue weighted by Crippen LogP contribution is 2.24. The average molecular weight is 262 g/mol. The number of benzene rings is 1. The predicted molar refractivity (Wildman–Crippen MR) is 80.8 cm³/mol. The third-order valence-corrected chi connectivity index (χ3v) is 3.89. The van der Waals surface area contributed by atoms with Crippen LogP contribution in [0.2, 0.25) is 0 Å². The van der Waals surface area contributed by atoms with Gasteiger partial charge in [-0.1, -0.05) is 17.7 Å². The number of anilines is 1. The monoisotopic (exact) mass is 262 g/mol. The van der Waals surface area contributed by atoms with Gasteiger partial charge in [0.15, 0.2) is 0 Å². The largest absolute Gasteiger partial charge is 0.381 e. The molecule has 0 unspecified atom stereocenters. The van der Waals surface area contributed by atoms with Gasteiger partial charge in [0.25, 0.3) is 0 Å². The first-order chi connectivity index (χ1) is 9.20. The molecule has 3 nitrogen and oxygen atoms in total. The molecule has 0 atom stereocenters. The van der Waals surface area contributed by atoms with Crippen molar-refractivity contribution in [2.45, 2.75) is 26.3 Å². The topological polar surface area (TPSA) is 24.5 Å². The van der Waals surface area contributed by atoms with Gasteiger partial charge in [-0.25, -0.2) is 0 Å². The molecular formula is C16H26N2O. The number of hydrogen-bond donors (Lipinski definition) is 1. The molecule has 1 N–H and O–H groups in total. The van der Waals surface area contributed by atoms with E-state index in [1.165, 1.54) is 29.7 Å². The van der Waals surface area contributed by atoms with E-state index in [2.05, 4.69) is 42.4 Å². The summed E-state index contributed by atoms with van der Waals surface area (Å²) in [5.41, 5.74) is 4.07. The van der Waals surface area contributed by atoms with E-state index in [-0.39, 0.29) is 0 Å². The van der Waals surface area contributed by atoms with Crippen LogP contribution in [0.1, 0.15) is 24.0 Å². The van der Waals surface area contributed by atoms with Crippen LogP contribution in [0.15, 0.2) is 18.2 Å². The quantitative estimate of drug-likeness (QED) is 0.882. The van der Waals surface area contributed by atoms with Gasteiger partial charge < -0.3 is 15.0 Å². The Labute approximate surface area is 116 Å². The molecule has 1 heterocycles. The Bertz CT molecular complexity index is 400. The molecule has 0 bridgehead atoms. The summed E-state index contributed by atoms with van der Waals surface area (Å²) in [7, 11) is 4.21. The minimum absolute atomic E-state index is 0.766. The lowest BCUT2D eigenvalue weighted by Crippen LogP contribution is -2.30. The van der Waals surface area contributed by atoms with Gasteiger partial charge in [-0.3, -0.25) is 0 Å². The molecule has 0 saturated carbocycles. The van der Waals surface area contributed by atoms with Gasteiger partial charge in [-0.05, 0) is 44.4 Å². The Morgan fingerprint density at radius 2 is 2.05 bits per heavy atom. The summed E-state index contributed by atoms with van der Waals surface area (Å²) in [4.78, 5) is 2.40. The third kappa shape index (κ3) is 3.95. The summed E-state index contributed by atoms with van der Waals surface area (Å²) in [5.74, 6) is 0.766. The van der Waals surface area contributed by atoms with Gasteiger partial charge >= 0.3 is 0 Å². The second-order valence-electron chi connectivity index (χ2n) is 5.60. The van der Waals surface area contributed by atoms with Crippen molar-refractivity contribution in [2.24, 2.45) is 5.92 Å². The van der Waals surface area contributed by atoms with Gasteiger partial charge in [0.2, 0.25) is 0 Å². The summed E-state index contributed by atoms with van der Waals surface area (Å²) in [6.45, 7) is 6.06. The van der Waals surface area contributed by atoms with Gasteiger partial charge in [0.1, 0.15) is 0 Å². The van der Waals surface area contributed by atoms with Crippen LogP contribution in [-0.2, 0) is 11.3 Å². The summed E-state index contributed by atoms with van der Waals surface area (Å²) in [6.07, 6.45) is 2.38. The van der Waals surface area contributed by atoms with E-state index >= 15 is 0 Å². The molecule has 0 spiro atoms. The lowest BCUT2D eigenvalue weighted by molar-refractivity contribution is 0.0685. The maximum absolute atomic E-state index is 5.44. The van der Waals surface area contributed by atoms with Crippen molar-refractivity contribution in [3.05, 3.63) is 29.3 Å². The molecule has 1 aliphatic rings. The molecule has 1 saturated heterocycles. The van der Waals surface area contributed by atoms with Crippen LogP contribution in [-0.4, -0.2) is 33.9 Å². The number of nitrogens with one attached hydrogen (secondary N) is 1. The van der Waals surface area contributed by atoms with Crippen LogP contribution >= 0.6 is 0 Å². The highest BCUT2D eigenvalue weighted by atomic mass is 16.5. The van der Waals surface area contributed by atoms with E-state index in [0.29, 0.717) is 0 Å². The van der Waals surface area contributed by atoms with Crippen LogP contribution in [0.25, 0.3) is 0 Å². The maximum atomic E-state index is 5.44. The number of rotatable bonds is 5. The van der Waals surface area contributed by atoms with Gasteiger partial charge in [-0.2, -0.15) is 0 Å². The molecular weight excluding hydrogens is 236 g/mol. The second-order valence-corrected chi connectivity index (χ2v) is 5.60. The Balaban J connectivity index is 2.06. The Hall–Kier alpha value is -1.06. The van der Waals surface area contributed by atoms with Gasteiger partial charge in [0.05, 0.1) is 0 Å². The highest BCUT2D eigenvalue weighted by molar-refractivity contribution is 5.54. The van der Waals surface area contributed by atoms with Crippen molar-refractivity contribution in [3.63, 3.8) is 0 Å². The Morgan fingerprint density at radius 1 is 1.32 bits per heavy atom. The zero-order valence-electron chi connectivity index (χ0n) is 12.4. The summed E-state index contributed by atoms with van der Waals surface area (Å²) >= 11 is 0. The zero-order valence-corrected chi connectivity index (χ0v) is 12.4. The van der Waals surface area contributed by atoms with Crippen molar-refractivity contribution >= 4 is 5.69 Å². The van der Waals surface area contributed by atoms with Crippen LogP contribution < -0.4 is 10.2 Å². The lowest BCUT2D eigenvalue weighted by atomic mass is 9.99.